The fourth-order valence-electron chi connectivity index (χ4n) is 2.20. The monoisotopic (exact) mass is 282 g/mol. The molecule has 0 aliphatic carbocycles. The minimum Gasteiger partial charge on any atom is -0.366 e. The van der Waals surface area contributed by atoms with Gasteiger partial charge < -0.3 is 11.1 Å². The first-order chi connectivity index (χ1) is 10.0. The van der Waals surface area contributed by atoms with E-state index in [9.17, 15) is 9.59 Å². The SMILES string of the molecule is CC(C)c1ccccc1NC(=O)c1ccccc1C(N)=O. The van der Waals surface area contributed by atoms with E-state index in [1.54, 1.807) is 24.3 Å². The quantitative estimate of drug-likeness (QED) is 0.904. The second kappa shape index (κ2) is 6.22. The fourth-order valence-corrected chi connectivity index (χ4v) is 2.20. The van der Waals surface area contributed by atoms with Crippen LogP contribution < -0.4 is 11.1 Å². The molecule has 0 heterocycles. The zero-order chi connectivity index (χ0) is 15.4. The van der Waals surface area contributed by atoms with Crippen LogP contribution in [0.15, 0.2) is 48.5 Å². The number of hydrogen-bond acceptors (Lipinski definition) is 2. The van der Waals surface area contributed by atoms with Crippen LogP contribution >= 0.6 is 0 Å². The van der Waals surface area contributed by atoms with E-state index in [0.29, 0.717) is 0 Å². The highest BCUT2D eigenvalue weighted by Gasteiger charge is 2.16. The summed E-state index contributed by atoms with van der Waals surface area (Å²) in [6.45, 7) is 4.12. The van der Waals surface area contributed by atoms with Crippen LogP contribution in [-0.4, -0.2) is 11.8 Å². The minimum absolute atomic E-state index is 0.219. The van der Waals surface area contributed by atoms with E-state index >= 15 is 0 Å². The molecule has 21 heavy (non-hydrogen) atoms. The molecule has 3 N–H and O–H groups in total. The number of hydrogen-bond donors (Lipinski definition) is 2. The average Bonchev–Trinajstić information content (AvgIpc) is 2.47. The summed E-state index contributed by atoms with van der Waals surface area (Å²) >= 11 is 0. The van der Waals surface area contributed by atoms with Crippen LogP contribution in [0.25, 0.3) is 0 Å². The first-order valence-electron chi connectivity index (χ1n) is 6.79. The van der Waals surface area contributed by atoms with Crippen molar-refractivity contribution in [3.63, 3.8) is 0 Å². The maximum atomic E-state index is 12.4. The van der Waals surface area contributed by atoms with Crippen molar-refractivity contribution >= 4 is 17.5 Å². The Labute approximate surface area is 124 Å². The van der Waals surface area contributed by atoms with Gasteiger partial charge in [0.2, 0.25) is 5.91 Å². The Morgan fingerprint density at radius 2 is 1.52 bits per heavy atom. The molecule has 0 aliphatic rings. The summed E-state index contributed by atoms with van der Waals surface area (Å²) < 4.78 is 0. The van der Waals surface area contributed by atoms with Crippen LogP contribution in [0.4, 0.5) is 5.69 Å². The molecule has 0 aromatic heterocycles. The van der Waals surface area contributed by atoms with Gasteiger partial charge >= 0.3 is 0 Å². The molecule has 108 valence electrons. The fraction of sp³-hybridized carbons (Fsp3) is 0.176. The smallest absolute Gasteiger partial charge is 0.256 e. The molecule has 2 amide bonds. The molecule has 0 atom stereocenters. The van der Waals surface area contributed by atoms with E-state index < -0.39 is 5.91 Å². The number of anilines is 1. The van der Waals surface area contributed by atoms with Gasteiger partial charge in [0.1, 0.15) is 0 Å². The first kappa shape index (κ1) is 14.8. The van der Waals surface area contributed by atoms with Crippen LogP contribution in [0.3, 0.4) is 0 Å². The van der Waals surface area contributed by atoms with Gasteiger partial charge in [-0.2, -0.15) is 0 Å². The summed E-state index contributed by atoms with van der Waals surface area (Å²) in [4.78, 5) is 23.8. The summed E-state index contributed by atoms with van der Waals surface area (Å²) in [7, 11) is 0. The van der Waals surface area contributed by atoms with Crippen molar-refractivity contribution in [1.29, 1.82) is 0 Å². The second-order valence-electron chi connectivity index (χ2n) is 5.11. The standard InChI is InChI=1S/C17H18N2O2/c1-11(2)12-7-5-6-10-15(12)19-17(21)14-9-4-3-8-13(14)16(18)20/h3-11H,1-2H3,(H2,18,20)(H,19,21). The molecular formula is C17H18N2O2. The number of carbonyl (C=O) groups excluding carboxylic acids is 2. The average molecular weight is 282 g/mol. The minimum atomic E-state index is -0.613. The van der Waals surface area contributed by atoms with E-state index in [1.165, 1.54) is 0 Å². The van der Waals surface area contributed by atoms with Gasteiger partial charge in [-0.25, -0.2) is 0 Å². The summed E-state index contributed by atoms with van der Waals surface area (Å²) in [6, 6.07) is 14.1. The number of amides is 2. The van der Waals surface area contributed by atoms with Crippen molar-refractivity contribution in [3.05, 3.63) is 65.2 Å². The van der Waals surface area contributed by atoms with Crippen LogP contribution in [-0.2, 0) is 0 Å². The van der Waals surface area contributed by atoms with E-state index in [4.69, 9.17) is 5.73 Å². The van der Waals surface area contributed by atoms with Crippen LogP contribution in [0, 0.1) is 0 Å². The van der Waals surface area contributed by atoms with E-state index in [-0.39, 0.29) is 23.0 Å². The lowest BCUT2D eigenvalue weighted by molar-refractivity contribution is 0.0977. The molecule has 0 radical (unpaired) electrons. The van der Waals surface area contributed by atoms with Crippen molar-refractivity contribution in [2.75, 3.05) is 5.32 Å². The Balaban J connectivity index is 2.33. The second-order valence-corrected chi connectivity index (χ2v) is 5.11. The van der Waals surface area contributed by atoms with Gasteiger partial charge in [0.15, 0.2) is 0 Å². The molecule has 2 aromatic rings. The number of carbonyl (C=O) groups is 2. The lowest BCUT2D eigenvalue weighted by atomic mass is 10.0. The summed E-state index contributed by atoms with van der Waals surface area (Å²) in [5.74, 6) is -0.664. The van der Waals surface area contributed by atoms with Crippen LogP contribution in [0.1, 0.15) is 46.0 Å². The number of primary amides is 1. The lowest BCUT2D eigenvalue weighted by Crippen LogP contribution is -2.20. The third-order valence-corrected chi connectivity index (χ3v) is 3.27. The highest BCUT2D eigenvalue weighted by atomic mass is 16.2. The Bertz CT molecular complexity index is 678. The van der Waals surface area contributed by atoms with Gasteiger partial charge in [0.25, 0.3) is 5.91 Å². The molecule has 0 saturated carbocycles. The van der Waals surface area contributed by atoms with Gasteiger partial charge in [-0.1, -0.05) is 44.2 Å². The largest absolute Gasteiger partial charge is 0.366 e. The van der Waals surface area contributed by atoms with Crippen LogP contribution in [0.2, 0.25) is 0 Å². The van der Waals surface area contributed by atoms with Crippen LogP contribution in [0.5, 0.6) is 0 Å². The number of nitrogens with one attached hydrogen (secondary N) is 1. The lowest BCUT2D eigenvalue weighted by Gasteiger charge is -2.14. The Kier molecular flexibility index (Phi) is 4.38. The van der Waals surface area contributed by atoms with E-state index in [1.807, 2.05) is 24.3 Å². The zero-order valence-electron chi connectivity index (χ0n) is 12.1. The zero-order valence-corrected chi connectivity index (χ0v) is 12.1. The number of benzene rings is 2. The topological polar surface area (TPSA) is 72.2 Å². The molecule has 0 fully saturated rings. The van der Waals surface area contributed by atoms with E-state index in [2.05, 4.69) is 19.2 Å². The van der Waals surface area contributed by atoms with Crippen molar-refractivity contribution in [1.82, 2.24) is 0 Å². The van der Waals surface area contributed by atoms with Crippen molar-refractivity contribution in [2.45, 2.75) is 19.8 Å². The van der Waals surface area contributed by atoms with Crippen molar-refractivity contribution in [3.8, 4) is 0 Å². The number of para-hydroxylation sites is 1. The van der Waals surface area contributed by atoms with Gasteiger partial charge in [0, 0.05) is 5.69 Å². The third kappa shape index (κ3) is 3.28. The van der Waals surface area contributed by atoms with Gasteiger partial charge in [-0.05, 0) is 29.7 Å². The predicted molar refractivity (Wildman–Crippen MR) is 83.4 cm³/mol. The summed E-state index contributed by atoms with van der Waals surface area (Å²) in [6.07, 6.45) is 0. The third-order valence-electron chi connectivity index (χ3n) is 3.27. The molecule has 4 nitrogen and oxygen atoms in total. The molecule has 0 bridgehead atoms. The molecule has 0 saturated heterocycles. The van der Waals surface area contributed by atoms with Crippen molar-refractivity contribution in [2.24, 2.45) is 5.73 Å². The Morgan fingerprint density at radius 3 is 2.14 bits per heavy atom. The molecule has 0 unspecified atom stereocenters. The molecular weight excluding hydrogens is 264 g/mol. The summed E-state index contributed by atoms with van der Waals surface area (Å²) in [5.41, 5.74) is 7.60. The van der Waals surface area contributed by atoms with Crippen molar-refractivity contribution < 1.29 is 9.59 Å². The molecule has 2 rings (SSSR count). The number of nitrogens with two attached hydrogens (primary N) is 1. The Morgan fingerprint density at radius 1 is 0.952 bits per heavy atom. The highest BCUT2D eigenvalue weighted by molar-refractivity contribution is 6.12. The normalized spacial score (nSPS) is 10.4. The highest BCUT2D eigenvalue weighted by Crippen LogP contribution is 2.24. The predicted octanol–water partition coefficient (Wildman–Crippen LogP) is 3.16. The Hall–Kier alpha value is -2.62. The molecule has 0 spiro atoms. The maximum absolute atomic E-state index is 12.4. The molecule has 4 heteroatoms. The molecule has 2 aromatic carbocycles. The molecule has 0 aliphatic heterocycles. The van der Waals surface area contributed by atoms with E-state index in [0.717, 1.165) is 11.3 Å². The van der Waals surface area contributed by atoms with Gasteiger partial charge in [0.05, 0.1) is 11.1 Å². The first-order valence-corrected chi connectivity index (χ1v) is 6.79. The number of rotatable bonds is 4. The van der Waals surface area contributed by atoms with Gasteiger partial charge in [-0.15, -0.1) is 0 Å². The maximum Gasteiger partial charge on any atom is 0.256 e. The summed E-state index contributed by atoms with van der Waals surface area (Å²) in [5, 5.41) is 2.86. The van der Waals surface area contributed by atoms with Gasteiger partial charge in [-0.3, -0.25) is 9.59 Å².